The lowest BCUT2D eigenvalue weighted by molar-refractivity contribution is 0.367. The lowest BCUT2D eigenvalue weighted by Crippen LogP contribution is -1.98. The molecule has 0 radical (unpaired) electrons. The number of aromatic nitrogens is 2. The fraction of sp³-hybridized carbons (Fsp3) is 0.0625. The van der Waals surface area contributed by atoms with E-state index in [4.69, 9.17) is 10.5 Å². The van der Waals surface area contributed by atoms with Crippen LogP contribution in [0, 0.1) is 11.6 Å². The quantitative estimate of drug-likeness (QED) is 0.595. The van der Waals surface area contributed by atoms with E-state index in [-0.39, 0.29) is 11.3 Å². The van der Waals surface area contributed by atoms with Gasteiger partial charge < -0.3 is 10.5 Å². The standard InChI is InChI=1S/C16H13F2N3O/c1-9(22-2)16-20-8-11-7-10(5-6-21(11)16)14-12(17)3-4-13(19)15(14)18/h3-8H,1,19H2,2H3. The van der Waals surface area contributed by atoms with Gasteiger partial charge in [-0.05, 0) is 29.8 Å². The number of nitrogen functional groups attached to an aromatic ring is 1. The third kappa shape index (κ3) is 2.09. The molecule has 3 rings (SSSR count). The maximum atomic E-state index is 14.1. The lowest BCUT2D eigenvalue weighted by atomic mass is 10.0. The first-order valence-corrected chi connectivity index (χ1v) is 6.47. The number of nitrogens with zero attached hydrogens (tertiary/aromatic N) is 2. The van der Waals surface area contributed by atoms with Crippen LogP contribution in [-0.4, -0.2) is 16.5 Å². The molecule has 0 unspecified atom stereocenters. The summed E-state index contributed by atoms with van der Waals surface area (Å²) < 4.78 is 34.8. The normalized spacial score (nSPS) is 10.9. The van der Waals surface area contributed by atoms with Crippen LogP contribution in [0.3, 0.4) is 0 Å². The zero-order valence-electron chi connectivity index (χ0n) is 11.8. The highest BCUT2D eigenvalue weighted by atomic mass is 19.1. The van der Waals surface area contributed by atoms with Crippen molar-refractivity contribution in [2.75, 3.05) is 12.8 Å². The molecule has 0 aliphatic heterocycles. The second-order valence-corrected chi connectivity index (χ2v) is 4.74. The molecule has 0 aliphatic rings. The van der Waals surface area contributed by atoms with Gasteiger partial charge in [-0.2, -0.15) is 0 Å². The Morgan fingerprint density at radius 3 is 2.82 bits per heavy atom. The summed E-state index contributed by atoms with van der Waals surface area (Å²) in [7, 11) is 1.50. The van der Waals surface area contributed by atoms with Gasteiger partial charge in [0.05, 0.1) is 30.1 Å². The van der Waals surface area contributed by atoms with Gasteiger partial charge in [-0.3, -0.25) is 4.40 Å². The average Bonchev–Trinajstić information content (AvgIpc) is 2.94. The van der Waals surface area contributed by atoms with E-state index in [1.807, 2.05) is 0 Å². The number of benzene rings is 1. The van der Waals surface area contributed by atoms with Crippen molar-refractivity contribution in [3.05, 3.63) is 60.7 Å². The van der Waals surface area contributed by atoms with Crippen LogP contribution in [0.15, 0.2) is 43.2 Å². The molecule has 0 atom stereocenters. The first-order valence-electron chi connectivity index (χ1n) is 6.47. The Kier molecular flexibility index (Phi) is 3.29. The third-order valence-corrected chi connectivity index (χ3v) is 3.44. The van der Waals surface area contributed by atoms with Gasteiger partial charge in [-0.1, -0.05) is 6.58 Å². The Labute approximate surface area is 125 Å². The zero-order valence-corrected chi connectivity index (χ0v) is 11.8. The molecule has 2 heterocycles. The van der Waals surface area contributed by atoms with Crippen molar-refractivity contribution in [3.63, 3.8) is 0 Å². The van der Waals surface area contributed by atoms with Gasteiger partial charge in [-0.15, -0.1) is 0 Å². The van der Waals surface area contributed by atoms with E-state index in [2.05, 4.69) is 11.6 Å². The van der Waals surface area contributed by atoms with E-state index in [1.54, 1.807) is 28.9 Å². The molecule has 0 aliphatic carbocycles. The van der Waals surface area contributed by atoms with Crippen LogP contribution in [0.4, 0.5) is 14.5 Å². The molecule has 4 nitrogen and oxygen atoms in total. The average molecular weight is 301 g/mol. The number of imidazole rings is 1. The van der Waals surface area contributed by atoms with Crippen molar-refractivity contribution in [1.29, 1.82) is 0 Å². The topological polar surface area (TPSA) is 52.5 Å². The van der Waals surface area contributed by atoms with Gasteiger partial charge in [0, 0.05) is 6.20 Å². The van der Waals surface area contributed by atoms with Crippen molar-refractivity contribution in [3.8, 4) is 11.1 Å². The second kappa shape index (κ2) is 5.14. The van der Waals surface area contributed by atoms with Gasteiger partial charge >= 0.3 is 0 Å². The number of anilines is 1. The molecule has 22 heavy (non-hydrogen) atoms. The molecule has 3 aromatic rings. The van der Waals surface area contributed by atoms with Gasteiger partial charge in [0.2, 0.25) is 0 Å². The van der Waals surface area contributed by atoms with Crippen LogP contribution >= 0.6 is 0 Å². The number of fused-ring (bicyclic) bond motifs is 1. The number of rotatable bonds is 3. The smallest absolute Gasteiger partial charge is 0.179 e. The highest BCUT2D eigenvalue weighted by molar-refractivity contribution is 5.73. The van der Waals surface area contributed by atoms with Crippen LogP contribution in [0.5, 0.6) is 0 Å². The number of nitrogens with two attached hydrogens (primary N) is 1. The number of methoxy groups -OCH3 is 1. The Morgan fingerprint density at radius 2 is 2.09 bits per heavy atom. The monoisotopic (exact) mass is 301 g/mol. The van der Waals surface area contributed by atoms with Crippen molar-refractivity contribution in [1.82, 2.24) is 9.38 Å². The summed E-state index contributed by atoms with van der Waals surface area (Å²) in [4.78, 5) is 4.19. The third-order valence-electron chi connectivity index (χ3n) is 3.44. The maximum absolute atomic E-state index is 14.1. The minimum absolute atomic E-state index is 0.0989. The minimum Gasteiger partial charge on any atom is -0.493 e. The predicted molar refractivity (Wildman–Crippen MR) is 81.0 cm³/mol. The molecule has 0 saturated heterocycles. The number of pyridine rings is 1. The molecular formula is C16H13F2N3O. The molecule has 0 spiro atoms. The molecule has 2 aromatic heterocycles. The summed E-state index contributed by atoms with van der Waals surface area (Å²) in [6, 6.07) is 5.56. The minimum atomic E-state index is -0.773. The fourth-order valence-electron chi connectivity index (χ4n) is 2.29. The number of halogens is 2. The van der Waals surface area contributed by atoms with Gasteiger partial charge in [0.25, 0.3) is 0 Å². The van der Waals surface area contributed by atoms with E-state index in [9.17, 15) is 8.78 Å². The maximum Gasteiger partial charge on any atom is 0.179 e. The van der Waals surface area contributed by atoms with Crippen LogP contribution in [0.2, 0.25) is 0 Å². The van der Waals surface area contributed by atoms with Crippen LogP contribution in [-0.2, 0) is 4.74 Å². The zero-order chi connectivity index (χ0) is 15.9. The lowest BCUT2D eigenvalue weighted by Gasteiger charge is -2.09. The fourth-order valence-corrected chi connectivity index (χ4v) is 2.29. The van der Waals surface area contributed by atoms with Gasteiger partial charge in [0.1, 0.15) is 5.82 Å². The Balaban J connectivity index is 2.19. The van der Waals surface area contributed by atoms with Crippen molar-refractivity contribution < 1.29 is 13.5 Å². The highest BCUT2D eigenvalue weighted by Crippen LogP contribution is 2.30. The molecule has 0 saturated carbocycles. The first kappa shape index (κ1) is 14.1. The summed E-state index contributed by atoms with van der Waals surface area (Å²) in [5.41, 5.74) is 6.30. The van der Waals surface area contributed by atoms with E-state index >= 15 is 0 Å². The summed E-state index contributed by atoms with van der Waals surface area (Å²) in [5, 5.41) is 0. The molecule has 112 valence electrons. The summed E-state index contributed by atoms with van der Waals surface area (Å²) in [6.45, 7) is 3.74. The molecule has 0 fully saturated rings. The molecule has 1 aromatic carbocycles. The van der Waals surface area contributed by atoms with E-state index in [0.717, 1.165) is 6.07 Å². The van der Waals surface area contributed by atoms with Crippen molar-refractivity contribution in [2.45, 2.75) is 0 Å². The van der Waals surface area contributed by atoms with Crippen LogP contribution in [0.25, 0.3) is 22.4 Å². The van der Waals surface area contributed by atoms with Crippen molar-refractivity contribution >= 4 is 17.0 Å². The van der Waals surface area contributed by atoms with Gasteiger partial charge in [0.15, 0.2) is 17.4 Å². The predicted octanol–water partition coefficient (Wildman–Crippen LogP) is 3.48. The Hall–Kier alpha value is -2.89. The van der Waals surface area contributed by atoms with E-state index < -0.39 is 11.6 Å². The summed E-state index contributed by atoms with van der Waals surface area (Å²) in [5.74, 6) is -0.519. The van der Waals surface area contributed by atoms with Crippen molar-refractivity contribution in [2.24, 2.45) is 0 Å². The Bertz CT molecular complexity index is 886. The van der Waals surface area contributed by atoms with E-state index in [1.165, 1.54) is 13.2 Å². The Morgan fingerprint density at radius 1 is 1.32 bits per heavy atom. The summed E-state index contributed by atoms with van der Waals surface area (Å²) in [6.07, 6.45) is 3.23. The van der Waals surface area contributed by atoms with Gasteiger partial charge in [-0.25, -0.2) is 13.8 Å². The number of hydrogen-bond donors (Lipinski definition) is 1. The van der Waals surface area contributed by atoms with Crippen LogP contribution in [0.1, 0.15) is 5.82 Å². The molecular weight excluding hydrogens is 288 g/mol. The number of hydrogen-bond acceptors (Lipinski definition) is 3. The molecule has 0 bridgehead atoms. The molecule has 2 N–H and O–H groups in total. The first-order chi connectivity index (χ1) is 10.5. The summed E-state index contributed by atoms with van der Waals surface area (Å²) >= 11 is 0. The molecule has 0 amide bonds. The van der Waals surface area contributed by atoms with E-state index in [0.29, 0.717) is 22.7 Å². The second-order valence-electron chi connectivity index (χ2n) is 4.74. The SMILES string of the molecule is C=C(OC)c1ncc2cc(-c3c(F)ccc(N)c3F)ccn12. The number of ether oxygens (including phenoxy) is 1. The molecule has 6 heteroatoms. The largest absolute Gasteiger partial charge is 0.493 e. The van der Waals surface area contributed by atoms with Crippen LogP contribution < -0.4 is 5.73 Å². The highest BCUT2D eigenvalue weighted by Gasteiger charge is 2.16.